The lowest BCUT2D eigenvalue weighted by Gasteiger charge is -2.10. The molecule has 1 amide bonds. The van der Waals surface area contributed by atoms with Crippen molar-refractivity contribution >= 4 is 17.7 Å². The number of thioether (sulfide) groups is 1. The van der Waals surface area contributed by atoms with Crippen molar-refractivity contribution in [2.45, 2.75) is 26.1 Å². The van der Waals surface area contributed by atoms with E-state index in [1.54, 1.807) is 18.1 Å². The van der Waals surface area contributed by atoms with Crippen LogP contribution < -0.4 is 10.6 Å². The van der Waals surface area contributed by atoms with Gasteiger partial charge in [0.25, 0.3) is 0 Å². The van der Waals surface area contributed by atoms with Crippen LogP contribution in [0.2, 0.25) is 0 Å². The Kier molecular flexibility index (Phi) is 3.79. The minimum absolute atomic E-state index is 0.0376. The summed E-state index contributed by atoms with van der Waals surface area (Å²) in [5.41, 5.74) is 0. The van der Waals surface area contributed by atoms with Gasteiger partial charge in [0.2, 0.25) is 5.91 Å². The van der Waals surface area contributed by atoms with E-state index >= 15 is 0 Å². The molecule has 0 aliphatic carbocycles. The number of aromatic nitrogens is 3. The summed E-state index contributed by atoms with van der Waals surface area (Å²) in [4.78, 5) is 11.7. The smallest absolute Gasteiger partial charge is 0.238 e. The van der Waals surface area contributed by atoms with Gasteiger partial charge in [0.05, 0.1) is 12.6 Å². The Labute approximate surface area is 98.2 Å². The molecule has 1 fully saturated rings. The van der Waals surface area contributed by atoms with Crippen molar-refractivity contribution in [3.05, 3.63) is 12.2 Å². The molecule has 0 spiro atoms. The third kappa shape index (κ3) is 2.53. The zero-order valence-corrected chi connectivity index (χ0v) is 9.96. The molecule has 6 nitrogen and oxygen atoms in total. The topological polar surface area (TPSA) is 71.8 Å². The number of nitrogens with one attached hydrogen (secondary N) is 2. The first kappa shape index (κ1) is 11.4. The van der Waals surface area contributed by atoms with E-state index in [9.17, 15) is 4.79 Å². The first-order chi connectivity index (χ1) is 7.81. The van der Waals surface area contributed by atoms with E-state index in [4.69, 9.17) is 0 Å². The molecule has 1 atom stereocenters. The van der Waals surface area contributed by atoms with Crippen LogP contribution in [0.25, 0.3) is 0 Å². The molecule has 0 aromatic carbocycles. The van der Waals surface area contributed by atoms with Crippen molar-refractivity contribution < 1.29 is 4.79 Å². The molecule has 7 heteroatoms. The molecule has 0 radical (unpaired) electrons. The summed E-state index contributed by atoms with van der Waals surface area (Å²) in [6, 6.07) is -0.0667. The molecule has 2 heterocycles. The number of hydrogen-bond donors (Lipinski definition) is 2. The highest BCUT2D eigenvalue weighted by molar-refractivity contribution is 7.99. The Morgan fingerprint density at radius 2 is 2.69 bits per heavy atom. The highest BCUT2D eigenvalue weighted by Gasteiger charge is 2.22. The van der Waals surface area contributed by atoms with E-state index in [-0.39, 0.29) is 11.9 Å². The summed E-state index contributed by atoms with van der Waals surface area (Å²) in [6.45, 7) is 3.27. The van der Waals surface area contributed by atoms with E-state index in [2.05, 4.69) is 20.8 Å². The largest absolute Gasteiger partial charge is 0.347 e. The van der Waals surface area contributed by atoms with Gasteiger partial charge in [-0.1, -0.05) is 0 Å². The van der Waals surface area contributed by atoms with Gasteiger partial charge in [-0.05, 0) is 6.92 Å². The lowest BCUT2D eigenvalue weighted by atomic mass is 10.3. The van der Waals surface area contributed by atoms with Crippen molar-refractivity contribution in [3.8, 4) is 0 Å². The predicted octanol–water partition coefficient (Wildman–Crippen LogP) is -0.423. The fourth-order valence-corrected chi connectivity index (χ4v) is 2.47. The Bertz CT molecular complexity index is 361. The van der Waals surface area contributed by atoms with E-state index < -0.39 is 0 Å². The van der Waals surface area contributed by atoms with Gasteiger partial charge >= 0.3 is 0 Å². The van der Waals surface area contributed by atoms with Crippen molar-refractivity contribution in [1.82, 2.24) is 25.4 Å². The fourth-order valence-electron chi connectivity index (χ4n) is 1.53. The molecule has 0 bridgehead atoms. The van der Waals surface area contributed by atoms with Crippen LogP contribution in [0.5, 0.6) is 0 Å². The zero-order valence-electron chi connectivity index (χ0n) is 9.14. The molecule has 1 unspecified atom stereocenters. The monoisotopic (exact) mass is 241 g/mol. The van der Waals surface area contributed by atoms with Crippen molar-refractivity contribution in [1.29, 1.82) is 0 Å². The van der Waals surface area contributed by atoms with Gasteiger partial charge in [0.1, 0.15) is 6.33 Å². The summed E-state index contributed by atoms with van der Waals surface area (Å²) in [5.74, 6) is 2.52. The second kappa shape index (κ2) is 5.31. The SMILES string of the molecule is CCn1cnnc1CNC(=O)C1CSCN1. The molecule has 0 saturated carbocycles. The lowest BCUT2D eigenvalue weighted by Crippen LogP contribution is -2.42. The van der Waals surface area contributed by atoms with Gasteiger partial charge in [0, 0.05) is 18.2 Å². The highest BCUT2D eigenvalue weighted by Crippen LogP contribution is 2.09. The predicted molar refractivity (Wildman–Crippen MR) is 61.8 cm³/mol. The maximum atomic E-state index is 11.7. The first-order valence-electron chi connectivity index (χ1n) is 5.26. The number of amides is 1. The van der Waals surface area contributed by atoms with Crippen molar-refractivity contribution in [3.63, 3.8) is 0 Å². The first-order valence-corrected chi connectivity index (χ1v) is 6.42. The molecule has 2 rings (SSSR count). The van der Waals surface area contributed by atoms with Crippen molar-refractivity contribution in [2.24, 2.45) is 0 Å². The second-order valence-electron chi connectivity index (χ2n) is 3.52. The molecule has 1 aromatic heterocycles. The Hall–Kier alpha value is -1.08. The van der Waals surface area contributed by atoms with Gasteiger partial charge in [-0.15, -0.1) is 22.0 Å². The average Bonchev–Trinajstić information content (AvgIpc) is 2.96. The van der Waals surface area contributed by atoms with Crippen LogP contribution in [0.15, 0.2) is 6.33 Å². The minimum atomic E-state index is -0.0667. The van der Waals surface area contributed by atoms with Gasteiger partial charge in [-0.2, -0.15) is 0 Å². The lowest BCUT2D eigenvalue weighted by molar-refractivity contribution is -0.122. The molecule has 1 aromatic rings. The highest BCUT2D eigenvalue weighted by atomic mass is 32.2. The van der Waals surface area contributed by atoms with Gasteiger partial charge in [0.15, 0.2) is 5.82 Å². The minimum Gasteiger partial charge on any atom is -0.347 e. The molecule has 88 valence electrons. The van der Waals surface area contributed by atoms with Crippen molar-refractivity contribution in [2.75, 3.05) is 11.6 Å². The van der Waals surface area contributed by atoms with Gasteiger partial charge < -0.3 is 9.88 Å². The van der Waals surface area contributed by atoms with E-state index in [1.807, 2.05) is 11.5 Å². The van der Waals surface area contributed by atoms with Crippen LogP contribution >= 0.6 is 11.8 Å². The molecular formula is C9H15N5OS. The fraction of sp³-hybridized carbons (Fsp3) is 0.667. The standard InChI is InChI=1S/C9H15N5OS/c1-2-14-5-12-13-8(14)3-10-9(15)7-4-16-6-11-7/h5,7,11H,2-4,6H2,1H3,(H,10,15). The van der Waals surface area contributed by atoms with E-state index in [0.717, 1.165) is 24.0 Å². The average molecular weight is 241 g/mol. The third-order valence-corrected chi connectivity index (χ3v) is 3.43. The van der Waals surface area contributed by atoms with E-state index in [0.29, 0.717) is 6.54 Å². The molecular weight excluding hydrogens is 226 g/mol. The molecule has 16 heavy (non-hydrogen) atoms. The Morgan fingerprint density at radius 3 is 3.38 bits per heavy atom. The summed E-state index contributed by atoms with van der Waals surface area (Å²) in [6.07, 6.45) is 1.67. The summed E-state index contributed by atoms with van der Waals surface area (Å²) in [5, 5.41) is 13.8. The maximum absolute atomic E-state index is 11.7. The molecule has 1 aliphatic rings. The van der Waals surface area contributed by atoms with Crippen LogP contribution in [0.4, 0.5) is 0 Å². The zero-order chi connectivity index (χ0) is 11.4. The van der Waals surface area contributed by atoms with Crippen LogP contribution in [-0.4, -0.2) is 38.3 Å². The summed E-state index contributed by atoms with van der Waals surface area (Å²) in [7, 11) is 0. The van der Waals surface area contributed by atoms with E-state index in [1.165, 1.54) is 0 Å². The number of carbonyl (C=O) groups excluding carboxylic acids is 1. The summed E-state index contributed by atoms with van der Waals surface area (Å²) >= 11 is 1.74. The molecule has 2 N–H and O–H groups in total. The maximum Gasteiger partial charge on any atom is 0.238 e. The third-order valence-electron chi connectivity index (χ3n) is 2.49. The summed E-state index contributed by atoms with van der Waals surface area (Å²) < 4.78 is 1.91. The van der Waals surface area contributed by atoms with Crippen LogP contribution in [-0.2, 0) is 17.9 Å². The number of aryl methyl sites for hydroxylation is 1. The normalized spacial score (nSPS) is 19.9. The van der Waals surface area contributed by atoms with Crippen LogP contribution in [0.1, 0.15) is 12.7 Å². The Morgan fingerprint density at radius 1 is 1.81 bits per heavy atom. The number of rotatable bonds is 4. The van der Waals surface area contributed by atoms with Gasteiger partial charge in [-0.25, -0.2) is 0 Å². The Balaban J connectivity index is 1.84. The number of nitrogens with zero attached hydrogens (tertiary/aromatic N) is 3. The molecule has 1 saturated heterocycles. The molecule has 1 aliphatic heterocycles. The van der Waals surface area contributed by atoms with Gasteiger partial charge in [-0.3, -0.25) is 10.1 Å². The van der Waals surface area contributed by atoms with Crippen LogP contribution in [0, 0.1) is 0 Å². The quantitative estimate of drug-likeness (QED) is 0.749. The number of carbonyl (C=O) groups is 1. The van der Waals surface area contributed by atoms with Crippen LogP contribution in [0.3, 0.4) is 0 Å². The second-order valence-corrected chi connectivity index (χ2v) is 4.55. The number of hydrogen-bond acceptors (Lipinski definition) is 5.